The minimum atomic E-state index is 0.681. The van der Waals surface area contributed by atoms with E-state index in [1.165, 1.54) is 11.1 Å². The van der Waals surface area contributed by atoms with E-state index in [-0.39, 0.29) is 0 Å². The molecule has 0 spiro atoms. The number of aromatic nitrogens is 2. The van der Waals surface area contributed by atoms with E-state index in [1.807, 2.05) is 30.5 Å². The van der Waals surface area contributed by atoms with Crippen LogP contribution in [-0.2, 0) is 6.54 Å². The molecule has 0 aliphatic heterocycles. The lowest BCUT2D eigenvalue weighted by atomic mass is 10.1. The smallest absolute Gasteiger partial charge is 0.0890 e. The summed E-state index contributed by atoms with van der Waals surface area (Å²) in [6.07, 6.45) is 1.83. The molecule has 0 bridgehead atoms. The lowest BCUT2D eigenvalue weighted by Gasteiger charge is -2.08. The molecule has 2 aromatic carbocycles. The Morgan fingerprint density at radius 2 is 1.75 bits per heavy atom. The number of nitrogens with one attached hydrogen (secondary N) is 1. The van der Waals surface area contributed by atoms with E-state index in [1.54, 1.807) is 0 Å². The van der Waals surface area contributed by atoms with Crippen molar-refractivity contribution in [1.82, 2.24) is 9.97 Å². The van der Waals surface area contributed by atoms with Crippen LogP contribution in [0.3, 0.4) is 0 Å². The number of para-hydroxylation sites is 2. The lowest BCUT2D eigenvalue weighted by Crippen LogP contribution is -2.03. The minimum absolute atomic E-state index is 0.681. The molecule has 0 saturated heterocycles. The molecule has 3 nitrogen and oxygen atoms in total. The molecule has 0 atom stereocenters. The number of benzene rings is 2. The molecule has 1 N–H and O–H groups in total. The van der Waals surface area contributed by atoms with Crippen molar-refractivity contribution in [3.63, 3.8) is 0 Å². The Labute approximate surface area is 118 Å². The van der Waals surface area contributed by atoms with Crippen LogP contribution < -0.4 is 5.32 Å². The average Bonchev–Trinajstić information content (AvgIpc) is 2.48. The van der Waals surface area contributed by atoms with E-state index in [0.29, 0.717) is 6.54 Å². The Bertz CT molecular complexity index is 750. The number of hydrogen-bond acceptors (Lipinski definition) is 3. The van der Waals surface area contributed by atoms with Gasteiger partial charge < -0.3 is 5.32 Å². The molecule has 0 aliphatic rings. The fourth-order valence-electron chi connectivity index (χ4n) is 2.12. The van der Waals surface area contributed by atoms with Crippen LogP contribution in [0, 0.1) is 13.8 Å². The summed E-state index contributed by atoms with van der Waals surface area (Å²) in [7, 11) is 0. The van der Waals surface area contributed by atoms with Gasteiger partial charge in [-0.2, -0.15) is 0 Å². The third-order valence-electron chi connectivity index (χ3n) is 3.48. The van der Waals surface area contributed by atoms with Gasteiger partial charge in [0.2, 0.25) is 0 Å². The zero-order valence-electron chi connectivity index (χ0n) is 11.7. The number of rotatable bonds is 3. The molecule has 100 valence electrons. The summed E-state index contributed by atoms with van der Waals surface area (Å²) < 4.78 is 0. The van der Waals surface area contributed by atoms with E-state index in [0.717, 1.165) is 22.4 Å². The van der Waals surface area contributed by atoms with Gasteiger partial charge in [-0.05, 0) is 49.2 Å². The molecule has 0 unspecified atom stereocenters. The lowest BCUT2D eigenvalue weighted by molar-refractivity contribution is 1.04. The Morgan fingerprint density at radius 1 is 0.950 bits per heavy atom. The van der Waals surface area contributed by atoms with Crippen molar-refractivity contribution in [1.29, 1.82) is 0 Å². The maximum absolute atomic E-state index is 4.61. The van der Waals surface area contributed by atoms with Crippen molar-refractivity contribution < 1.29 is 0 Å². The van der Waals surface area contributed by atoms with Crippen molar-refractivity contribution in [2.24, 2.45) is 0 Å². The first-order chi connectivity index (χ1) is 9.72. The second kappa shape index (κ2) is 5.29. The molecular weight excluding hydrogens is 246 g/mol. The highest BCUT2D eigenvalue weighted by atomic mass is 14.9. The zero-order chi connectivity index (χ0) is 13.9. The third kappa shape index (κ3) is 2.62. The topological polar surface area (TPSA) is 37.8 Å². The van der Waals surface area contributed by atoms with Crippen LogP contribution in [-0.4, -0.2) is 9.97 Å². The predicted octanol–water partition coefficient (Wildman–Crippen LogP) is 3.86. The summed E-state index contributed by atoms with van der Waals surface area (Å²) in [4.78, 5) is 9.03. The molecule has 0 fully saturated rings. The van der Waals surface area contributed by atoms with E-state index >= 15 is 0 Å². The first-order valence-electron chi connectivity index (χ1n) is 6.74. The molecule has 1 aromatic heterocycles. The molecule has 3 rings (SSSR count). The Balaban J connectivity index is 1.77. The van der Waals surface area contributed by atoms with E-state index in [9.17, 15) is 0 Å². The fraction of sp³-hybridized carbons (Fsp3) is 0.176. The van der Waals surface area contributed by atoms with Gasteiger partial charge in [0, 0.05) is 5.69 Å². The number of fused-ring (bicyclic) bond motifs is 1. The quantitative estimate of drug-likeness (QED) is 0.779. The van der Waals surface area contributed by atoms with E-state index < -0.39 is 0 Å². The monoisotopic (exact) mass is 263 g/mol. The van der Waals surface area contributed by atoms with Gasteiger partial charge in [0.05, 0.1) is 29.5 Å². The number of anilines is 1. The van der Waals surface area contributed by atoms with Crippen molar-refractivity contribution in [2.75, 3.05) is 5.32 Å². The van der Waals surface area contributed by atoms with Crippen molar-refractivity contribution >= 4 is 16.7 Å². The number of aryl methyl sites for hydroxylation is 2. The van der Waals surface area contributed by atoms with Crippen LogP contribution in [0.25, 0.3) is 11.0 Å². The van der Waals surface area contributed by atoms with Gasteiger partial charge in [-0.3, -0.25) is 4.98 Å². The van der Waals surface area contributed by atoms with Gasteiger partial charge in [-0.1, -0.05) is 18.2 Å². The van der Waals surface area contributed by atoms with Crippen LogP contribution >= 0.6 is 0 Å². The second-order valence-corrected chi connectivity index (χ2v) is 5.00. The average molecular weight is 263 g/mol. The standard InChI is InChI=1S/C17H17N3/c1-12-7-8-14(9-13(12)2)18-10-15-11-19-16-5-3-4-6-17(16)20-15/h3-9,11,18H,10H2,1-2H3. The maximum atomic E-state index is 4.61. The highest BCUT2D eigenvalue weighted by molar-refractivity contribution is 5.73. The van der Waals surface area contributed by atoms with Gasteiger partial charge >= 0.3 is 0 Å². The van der Waals surface area contributed by atoms with E-state index in [2.05, 4.69) is 47.3 Å². The van der Waals surface area contributed by atoms with Gasteiger partial charge in [-0.15, -0.1) is 0 Å². The molecule has 20 heavy (non-hydrogen) atoms. The van der Waals surface area contributed by atoms with Crippen molar-refractivity contribution in [3.8, 4) is 0 Å². The molecule has 0 aliphatic carbocycles. The van der Waals surface area contributed by atoms with Crippen molar-refractivity contribution in [3.05, 3.63) is 65.5 Å². The summed E-state index contributed by atoms with van der Waals surface area (Å²) in [5, 5.41) is 3.39. The molecule has 3 heteroatoms. The predicted molar refractivity (Wildman–Crippen MR) is 82.8 cm³/mol. The van der Waals surface area contributed by atoms with Crippen LogP contribution in [0.1, 0.15) is 16.8 Å². The zero-order valence-corrected chi connectivity index (χ0v) is 11.7. The molecule has 0 amide bonds. The van der Waals surface area contributed by atoms with Gasteiger partial charge in [0.15, 0.2) is 0 Å². The Hall–Kier alpha value is -2.42. The van der Waals surface area contributed by atoms with Crippen LogP contribution in [0.5, 0.6) is 0 Å². The van der Waals surface area contributed by atoms with Gasteiger partial charge in [0.25, 0.3) is 0 Å². The van der Waals surface area contributed by atoms with Gasteiger partial charge in [0.1, 0.15) is 0 Å². The van der Waals surface area contributed by atoms with E-state index in [4.69, 9.17) is 0 Å². The van der Waals surface area contributed by atoms with Crippen LogP contribution in [0.4, 0.5) is 5.69 Å². The van der Waals surface area contributed by atoms with Crippen LogP contribution in [0.2, 0.25) is 0 Å². The molecule has 0 saturated carbocycles. The summed E-state index contributed by atoms with van der Waals surface area (Å²) in [5.41, 5.74) is 6.53. The maximum Gasteiger partial charge on any atom is 0.0890 e. The Morgan fingerprint density at radius 3 is 2.55 bits per heavy atom. The highest BCUT2D eigenvalue weighted by Crippen LogP contribution is 2.15. The van der Waals surface area contributed by atoms with Crippen LogP contribution in [0.15, 0.2) is 48.7 Å². The summed E-state index contributed by atoms with van der Waals surface area (Å²) >= 11 is 0. The molecule has 1 heterocycles. The minimum Gasteiger partial charge on any atom is -0.379 e. The summed E-state index contributed by atoms with van der Waals surface area (Å²) in [5.74, 6) is 0. The first kappa shape index (κ1) is 12.6. The summed E-state index contributed by atoms with van der Waals surface area (Å²) in [6, 6.07) is 14.3. The van der Waals surface area contributed by atoms with Gasteiger partial charge in [-0.25, -0.2) is 4.98 Å². The fourth-order valence-corrected chi connectivity index (χ4v) is 2.12. The largest absolute Gasteiger partial charge is 0.379 e. The second-order valence-electron chi connectivity index (χ2n) is 5.00. The number of nitrogens with zero attached hydrogens (tertiary/aromatic N) is 2. The SMILES string of the molecule is Cc1ccc(NCc2cnc3ccccc3n2)cc1C. The first-order valence-corrected chi connectivity index (χ1v) is 6.74. The summed E-state index contributed by atoms with van der Waals surface area (Å²) in [6.45, 7) is 4.92. The third-order valence-corrected chi connectivity index (χ3v) is 3.48. The highest BCUT2D eigenvalue weighted by Gasteiger charge is 2.00. The normalized spacial score (nSPS) is 10.7. The molecule has 0 radical (unpaired) electrons. The molecule has 3 aromatic rings. The number of hydrogen-bond donors (Lipinski definition) is 1. The Kier molecular flexibility index (Phi) is 3.33. The molecular formula is C17H17N3. The van der Waals surface area contributed by atoms with Crippen molar-refractivity contribution in [2.45, 2.75) is 20.4 Å².